The van der Waals surface area contributed by atoms with Gasteiger partial charge in [0.05, 0.1) is 16.8 Å². The summed E-state index contributed by atoms with van der Waals surface area (Å²) in [5.41, 5.74) is 3.60. The predicted octanol–water partition coefficient (Wildman–Crippen LogP) is 5.37. The zero-order valence-electron chi connectivity index (χ0n) is 16.4. The first kappa shape index (κ1) is 19.5. The first-order valence-corrected chi connectivity index (χ1v) is 11.1. The number of anilines is 1. The van der Waals surface area contributed by atoms with Crippen LogP contribution in [0.15, 0.2) is 36.4 Å². The molecule has 0 saturated carbocycles. The molecule has 0 bridgehead atoms. The van der Waals surface area contributed by atoms with Crippen molar-refractivity contribution in [2.75, 3.05) is 37.7 Å². The highest BCUT2D eigenvalue weighted by Crippen LogP contribution is 2.31. The van der Waals surface area contributed by atoms with Crippen molar-refractivity contribution in [3.8, 4) is 5.75 Å². The third-order valence-electron chi connectivity index (χ3n) is 5.14. The Morgan fingerprint density at radius 3 is 2.82 bits per heavy atom. The topological polar surface area (TPSA) is 28.6 Å². The van der Waals surface area contributed by atoms with Crippen LogP contribution in [0.3, 0.4) is 0 Å². The quantitative estimate of drug-likeness (QED) is 0.560. The maximum Gasteiger partial charge on any atom is 0.186 e. The Morgan fingerprint density at radius 1 is 1.11 bits per heavy atom. The van der Waals surface area contributed by atoms with E-state index in [1.807, 2.05) is 25.1 Å². The molecule has 28 heavy (non-hydrogen) atoms. The van der Waals surface area contributed by atoms with Gasteiger partial charge in [0.1, 0.15) is 5.75 Å². The monoisotopic (exact) mass is 415 g/mol. The molecule has 0 radical (unpaired) electrons. The molecule has 0 amide bonds. The fraction of sp³-hybridized carbons (Fsp3) is 0.409. The summed E-state index contributed by atoms with van der Waals surface area (Å²) < 4.78 is 6.82. The second kappa shape index (κ2) is 8.68. The van der Waals surface area contributed by atoms with E-state index in [9.17, 15) is 0 Å². The van der Waals surface area contributed by atoms with Crippen LogP contribution in [-0.2, 0) is 6.54 Å². The Kier molecular flexibility index (Phi) is 6.04. The van der Waals surface area contributed by atoms with E-state index < -0.39 is 0 Å². The van der Waals surface area contributed by atoms with Crippen LogP contribution in [0.5, 0.6) is 5.75 Å². The molecule has 1 aliphatic heterocycles. The summed E-state index contributed by atoms with van der Waals surface area (Å²) in [7, 11) is 0. The third kappa shape index (κ3) is 4.43. The lowest BCUT2D eigenvalue weighted by atomic mass is 10.1. The fourth-order valence-electron chi connectivity index (χ4n) is 3.73. The first-order chi connectivity index (χ1) is 13.6. The van der Waals surface area contributed by atoms with E-state index in [2.05, 4.69) is 34.9 Å². The van der Waals surface area contributed by atoms with E-state index in [1.165, 1.54) is 11.1 Å². The van der Waals surface area contributed by atoms with Crippen molar-refractivity contribution in [1.82, 2.24) is 9.88 Å². The molecule has 1 saturated heterocycles. The largest absolute Gasteiger partial charge is 0.494 e. The summed E-state index contributed by atoms with van der Waals surface area (Å²) in [6.07, 6.45) is 1.15. The Bertz CT molecular complexity index is 958. The zero-order chi connectivity index (χ0) is 19.5. The minimum atomic E-state index is 0.708. The highest BCUT2D eigenvalue weighted by molar-refractivity contribution is 7.22. The number of fused-ring (bicyclic) bond motifs is 1. The third-order valence-corrected chi connectivity index (χ3v) is 6.46. The Morgan fingerprint density at radius 2 is 2.00 bits per heavy atom. The van der Waals surface area contributed by atoms with Crippen LogP contribution in [0.1, 0.15) is 24.5 Å². The second-order valence-corrected chi connectivity index (χ2v) is 8.70. The van der Waals surface area contributed by atoms with Crippen molar-refractivity contribution in [3.63, 3.8) is 0 Å². The lowest BCUT2D eigenvalue weighted by Crippen LogP contribution is -2.30. The number of thiazole rings is 1. The van der Waals surface area contributed by atoms with Gasteiger partial charge in [-0.15, -0.1) is 0 Å². The van der Waals surface area contributed by atoms with E-state index in [0.29, 0.717) is 6.61 Å². The van der Waals surface area contributed by atoms with Crippen LogP contribution < -0.4 is 9.64 Å². The minimum absolute atomic E-state index is 0.708. The molecule has 1 fully saturated rings. The fourth-order valence-corrected chi connectivity index (χ4v) is 5.02. The van der Waals surface area contributed by atoms with Gasteiger partial charge in [-0.25, -0.2) is 4.98 Å². The molecule has 1 aliphatic rings. The molecule has 2 aromatic carbocycles. The minimum Gasteiger partial charge on any atom is -0.494 e. The van der Waals surface area contributed by atoms with Gasteiger partial charge < -0.3 is 9.64 Å². The lowest BCUT2D eigenvalue weighted by molar-refractivity contribution is 0.285. The molecule has 0 unspecified atom stereocenters. The number of nitrogens with zero attached hydrogens (tertiary/aromatic N) is 3. The molecule has 0 aliphatic carbocycles. The molecule has 2 heterocycles. The van der Waals surface area contributed by atoms with Gasteiger partial charge in [-0.2, -0.15) is 0 Å². The number of benzene rings is 2. The van der Waals surface area contributed by atoms with E-state index in [1.54, 1.807) is 11.3 Å². The van der Waals surface area contributed by atoms with Crippen molar-refractivity contribution in [1.29, 1.82) is 0 Å². The van der Waals surface area contributed by atoms with Gasteiger partial charge in [0.15, 0.2) is 5.13 Å². The SMILES string of the molecule is CCOc1ccc(CN2CCCN(c3nc4ccc(Cl)cc4s3)CC2)cc1C. The average Bonchev–Trinajstić information content (AvgIpc) is 2.95. The van der Waals surface area contributed by atoms with E-state index in [4.69, 9.17) is 21.3 Å². The molecule has 3 aromatic rings. The maximum atomic E-state index is 6.13. The van der Waals surface area contributed by atoms with Crippen molar-refractivity contribution in [2.24, 2.45) is 0 Å². The molecule has 0 atom stereocenters. The van der Waals surface area contributed by atoms with Crippen molar-refractivity contribution in [2.45, 2.75) is 26.8 Å². The van der Waals surface area contributed by atoms with Gasteiger partial charge in [-0.1, -0.05) is 35.1 Å². The normalized spacial score (nSPS) is 15.8. The Hall–Kier alpha value is -1.82. The molecular formula is C22H26ClN3OS. The number of hydrogen-bond acceptors (Lipinski definition) is 5. The van der Waals surface area contributed by atoms with Crippen molar-refractivity contribution in [3.05, 3.63) is 52.5 Å². The summed E-state index contributed by atoms with van der Waals surface area (Å²) in [5.74, 6) is 0.990. The second-order valence-electron chi connectivity index (χ2n) is 7.26. The van der Waals surface area contributed by atoms with Gasteiger partial charge in [-0.05, 0) is 55.7 Å². The van der Waals surface area contributed by atoms with Crippen LogP contribution >= 0.6 is 22.9 Å². The molecule has 0 spiro atoms. The Balaban J connectivity index is 1.41. The van der Waals surface area contributed by atoms with Gasteiger partial charge in [0.25, 0.3) is 0 Å². The first-order valence-electron chi connectivity index (χ1n) is 9.88. The summed E-state index contributed by atoms with van der Waals surface area (Å²) >= 11 is 7.86. The van der Waals surface area contributed by atoms with Crippen LogP contribution in [0.4, 0.5) is 5.13 Å². The smallest absolute Gasteiger partial charge is 0.186 e. The number of hydrogen-bond donors (Lipinski definition) is 0. The van der Waals surface area contributed by atoms with Crippen LogP contribution in [0.2, 0.25) is 5.02 Å². The lowest BCUT2D eigenvalue weighted by Gasteiger charge is -2.22. The average molecular weight is 416 g/mol. The molecule has 6 heteroatoms. The molecule has 4 nitrogen and oxygen atoms in total. The van der Waals surface area contributed by atoms with Crippen molar-refractivity contribution >= 4 is 38.3 Å². The molecule has 148 valence electrons. The van der Waals surface area contributed by atoms with E-state index >= 15 is 0 Å². The summed E-state index contributed by atoms with van der Waals surface area (Å²) in [6, 6.07) is 12.5. The molecule has 4 rings (SSSR count). The van der Waals surface area contributed by atoms with Crippen LogP contribution in [0.25, 0.3) is 10.2 Å². The highest BCUT2D eigenvalue weighted by Gasteiger charge is 2.18. The molecular weight excluding hydrogens is 390 g/mol. The van der Waals surface area contributed by atoms with E-state index in [0.717, 1.165) is 65.3 Å². The Labute approximate surface area is 175 Å². The van der Waals surface area contributed by atoms with Gasteiger partial charge in [-0.3, -0.25) is 4.90 Å². The number of aromatic nitrogens is 1. The predicted molar refractivity (Wildman–Crippen MR) is 119 cm³/mol. The van der Waals surface area contributed by atoms with Crippen LogP contribution in [0, 0.1) is 6.92 Å². The number of halogens is 1. The van der Waals surface area contributed by atoms with Gasteiger partial charge >= 0.3 is 0 Å². The summed E-state index contributed by atoms with van der Waals surface area (Å²) in [4.78, 5) is 9.78. The summed E-state index contributed by atoms with van der Waals surface area (Å²) in [5, 5.41) is 1.88. The summed E-state index contributed by atoms with van der Waals surface area (Å²) in [6.45, 7) is 10.0. The standard InChI is InChI=1S/C22H26ClN3OS/c1-3-27-20-8-5-17(13-16(20)2)15-25-9-4-10-26(12-11-25)22-24-19-7-6-18(23)14-21(19)28-22/h5-8,13-14H,3-4,9-12,15H2,1-2H3. The molecule has 0 N–H and O–H groups in total. The zero-order valence-corrected chi connectivity index (χ0v) is 18.0. The maximum absolute atomic E-state index is 6.13. The van der Waals surface area contributed by atoms with E-state index in [-0.39, 0.29) is 0 Å². The molecule has 1 aromatic heterocycles. The highest BCUT2D eigenvalue weighted by atomic mass is 35.5. The van der Waals surface area contributed by atoms with Crippen LogP contribution in [-0.4, -0.2) is 42.7 Å². The van der Waals surface area contributed by atoms with Gasteiger partial charge in [0, 0.05) is 37.7 Å². The number of rotatable bonds is 5. The number of aryl methyl sites for hydroxylation is 1. The van der Waals surface area contributed by atoms with Crippen molar-refractivity contribution < 1.29 is 4.74 Å². The van der Waals surface area contributed by atoms with Gasteiger partial charge in [0.2, 0.25) is 0 Å². The number of ether oxygens (including phenoxy) is 1.